The van der Waals surface area contributed by atoms with Crippen molar-refractivity contribution in [1.82, 2.24) is 5.32 Å². The number of anilines is 1. The van der Waals surface area contributed by atoms with E-state index in [-0.39, 0.29) is 18.4 Å². The Morgan fingerprint density at radius 3 is 2.05 bits per heavy atom. The molecule has 4 aromatic rings. The molecule has 4 aromatic carbocycles. The number of benzene rings is 4. The van der Waals surface area contributed by atoms with Crippen LogP contribution in [0.2, 0.25) is 0 Å². The number of ether oxygens (including phenoxy) is 3. The first-order valence-corrected chi connectivity index (χ1v) is 12.7. The van der Waals surface area contributed by atoms with Gasteiger partial charge in [0.15, 0.2) is 0 Å². The highest BCUT2D eigenvalue weighted by atomic mass is 16.5. The van der Waals surface area contributed by atoms with Gasteiger partial charge in [-0.3, -0.25) is 14.5 Å². The summed E-state index contributed by atoms with van der Waals surface area (Å²) < 4.78 is 16.2. The zero-order valence-corrected chi connectivity index (χ0v) is 22.1. The predicted octanol–water partition coefficient (Wildman–Crippen LogP) is 5.51. The third kappa shape index (κ3) is 5.03. The molecule has 2 amide bonds. The van der Waals surface area contributed by atoms with E-state index in [1.165, 1.54) is 0 Å². The highest BCUT2D eigenvalue weighted by molar-refractivity contribution is 6.11. The molecule has 2 atom stereocenters. The Labute approximate surface area is 227 Å². The maximum atomic E-state index is 14.1. The molecule has 1 aliphatic heterocycles. The van der Waals surface area contributed by atoms with E-state index in [2.05, 4.69) is 5.32 Å². The Bertz CT molecular complexity index is 1470. The van der Waals surface area contributed by atoms with Gasteiger partial charge in [0.1, 0.15) is 17.2 Å². The maximum Gasteiger partial charge on any atom is 0.259 e. The fraction of sp³-hybridized carbons (Fsp3) is 0.188. The molecule has 1 aliphatic rings. The summed E-state index contributed by atoms with van der Waals surface area (Å²) >= 11 is 0. The lowest BCUT2D eigenvalue weighted by Crippen LogP contribution is -2.47. The number of methoxy groups -OCH3 is 3. The van der Waals surface area contributed by atoms with Gasteiger partial charge in [0, 0.05) is 23.4 Å². The van der Waals surface area contributed by atoms with Crippen LogP contribution in [0.25, 0.3) is 0 Å². The SMILES string of the molecule is COc1ccc([C@H]2[C@H](C(=O)NCc3ccccc3OC)c3ccccc3C(=O)N2c2ccc(OC)cc2)cc1. The number of hydrogen-bond acceptors (Lipinski definition) is 5. The fourth-order valence-electron chi connectivity index (χ4n) is 5.13. The Balaban J connectivity index is 1.62. The second-order valence-corrected chi connectivity index (χ2v) is 9.19. The number of carbonyl (C=O) groups is 2. The van der Waals surface area contributed by atoms with Crippen molar-refractivity contribution in [2.24, 2.45) is 0 Å². The fourth-order valence-corrected chi connectivity index (χ4v) is 5.13. The van der Waals surface area contributed by atoms with Crippen molar-refractivity contribution in [2.45, 2.75) is 18.5 Å². The number of rotatable bonds is 8. The largest absolute Gasteiger partial charge is 0.497 e. The molecule has 1 N–H and O–H groups in total. The van der Waals surface area contributed by atoms with Gasteiger partial charge in [-0.1, -0.05) is 48.5 Å². The van der Waals surface area contributed by atoms with E-state index in [0.29, 0.717) is 34.1 Å². The number of para-hydroxylation sites is 1. The van der Waals surface area contributed by atoms with Crippen LogP contribution in [0.1, 0.15) is 39.0 Å². The number of fused-ring (bicyclic) bond motifs is 1. The number of nitrogens with zero attached hydrogens (tertiary/aromatic N) is 1. The third-order valence-electron chi connectivity index (χ3n) is 7.07. The molecule has 0 radical (unpaired) electrons. The molecule has 0 saturated carbocycles. The molecule has 39 heavy (non-hydrogen) atoms. The van der Waals surface area contributed by atoms with Crippen LogP contribution in [0.15, 0.2) is 97.1 Å². The molecular formula is C32H30N2O5. The lowest BCUT2D eigenvalue weighted by Gasteiger charge is -2.42. The first-order valence-electron chi connectivity index (χ1n) is 12.7. The molecule has 7 nitrogen and oxygen atoms in total. The van der Waals surface area contributed by atoms with Crippen LogP contribution in [0.5, 0.6) is 17.2 Å². The normalized spacial score (nSPS) is 16.3. The Morgan fingerprint density at radius 2 is 1.38 bits per heavy atom. The molecule has 0 aliphatic carbocycles. The van der Waals surface area contributed by atoms with Gasteiger partial charge < -0.3 is 19.5 Å². The minimum absolute atomic E-state index is 0.176. The standard InChI is InChI=1S/C32H30N2O5/c1-37-24-16-12-21(13-17-24)30-29(31(35)33-20-22-8-4-7-11-28(22)39-3)26-9-5-6-10-27(26)32(36)34(30)23-14-18-25(38-2)19-15-23/h4-19,29-30H,20H2,1-3H3,(H,33,35)/t29-,30+/m1/s1. The van der Waals surface area contributed by atoms with Gasteiger partial charge in [0.05, 0.1) is 33.3 Å². The highest BCUT2D eigenvalue weighted by Gasteiger charge is 2.44. The lowest BCUT2D eigenvalue weighted by atomic mass is 9.78. The summed E-state index contributed by atoms with van der Waals surface area (Å²) in [5.41, 5.74) is 3.52. The van der Waals surface area contributed by atoms with Crippen molar-refractivity contribution < 1.29 is 23.8 Å². The topological polar surface area (TPSA) is 77.1 Å². The quantitative estimate of drug-likeness (QED) is 0.330. The van der Waals surface area contributed by atoms with Gasteiger partial charge in [0.2, 0.25) is 5.91 Å². The van der Waals surface area contributed by atoms with E-state index in [9.17, 15) is 9.59 Å². The lowest BCUT2D eigenvalue weighted by molar-refractivity contribution is -0.123. The van der Waals surface area contributed by atoms with Crippen LogP contribution in [-0.2, 0) is 11.3 Å². The monoisotopic (exact) mass is 522 g/mol. The highest BCUT2D eigenvalue weighted by Crippen LogP contribution is 2.45. The molecule has 0 aromatic heterocycles. The van der Waals surface area contributed by atoms with E-state index in [4.69, 9.17) is 14.2 Å². The van der Waals surface area contributed by atoms with E-state index in [1.807, 2.05) is 91.0 Å². The van der Waals surface area contributed by atoms with E-state index >= 15 is 0 Å². The van der Waals surface area contributed by atoms with Gasteiger partial charge in [0.25, 0.3) is 5.91 Å². The molecule has 0 saturated heterocycles. The van der Waals surface area contributed by atoms with Gasteiger partial charge >= 0.3 is 0 Å². The number of amides is 2. The molecular weight excluding hydrogens is 492 g/mol. The summed E-state index contributed by atoms with van der Waals surface area (Å²) in [5.74, 6) is 1.02. The smallest absolute Gasteiger partial charge is 0.259 e. The first-order chi connectivity index (χ1) is 19.0. The van der Waals surface area contributed by atoms with Crippen molar-refractivity contribution in [3.63, 3.8) is 0 Å². The van der Waals surface area contributed by atoms with Crippen molar-refractivity contribution in [1.29, 1.82) is 0 Å². The van der Waals surface area contributed by atoms with Gasteiger partial charge in [-0.25, -0.2) is 0 Å². The van der Waals surface area contributed by atoms with Gasteiger partial charge in [-0.15, -0.1) is 0 Å². The Morgan fingerprint density at radius 1 is 0.769 bits per heavy atom. The number of nitrogens with one attached hydrogen (secondary N) is 1. The first kappa shape index (κ1) is 25.9. The summed E-state index contributed by atoms with van der Waals surface area (Å²) in [7, 11) is 4.81. The molecule has 198 valence electrons. The van der Waals surface area contributed by atoms with Crippen LogP contribution in [0.4, 0.5) is 5.69 Å². The summed E-state index contributed by atoms with van der Waals surface area (Å²) in [5, 5.41) is 3.11. The molecule has 7 heteroatoms. The minimum Gasteiger partial charge on any atom is -0.497 e. The maximum absolute atomic E-state index is 14.1. The van der Waals surface area contributed by atoms with Crippen LogP contribution in [0.3, 0.4) is 0 Å². The van der Waals surface area contributed by atoms with Crippen molar-refractivity contribution in [3.05, 3.63) is 119 Å². The van der Waals surface area contributed by atoms with E-state index < -0.39 is 12.0 Å². The minimum atomic E-state index is -0.677. The average molecular weight is 523 g/mol. The van der Waals surface area contributed by atoms with Crippen molar-refractivity contribution in [3.8, 4) is 17.2 Å². The van der Waals surface area contributed by atoms with Crippen LogP contribution in [0, 0.1) is 0 Å². The van der Waals surface area contributed by atoms with Crippen LogP contribution in [-0.4, -0.2) is 33.1 Å². The summed E-state index contributed by atoms with van der Waals surface area (Å²) in [6.45, 7) is 0.285. The summed E-state index contributed by atoms with van der Waals surface area (Å²) in [4.78, 5) is 29.8. The van der Waals surface area contributed by atoms with Crippen LogP contribution >= 0.6 is 0 Å². The van der Waals surface area contributed by atoms with E-state index in [1.54, 1.807) is 32.3 Å². The number of hydrogen-bond donors (Lipinski definition) is 1. The molecule has 5 rings (SSSR count). The van der Waals surface area contributed by atoms with Crippen molar-refractivity contribution >= 4 is 17.5 Å². The zero-order valence-electron chi connectivity index (χ0n) is 22.1. The van der Waals surface area contributed by atoms with Gasteiger partial charge in [-0.05, 0) is 59.7 Å². The Kier molecular flexibility index (Phi) is 7.50. The van der Waals surface area contributed by atoms with Crippen molar-refractivity contribution in [2.75, 3.05) is 26.2 Å². The second kappa shape index (κ2) is 11.3. The molecule has 0 fully saturated rings. The average Bonchev–Trinajstić information content (AvgIpc) is 3.00. The van der Waals surface area contributed by atoms with Gasteiger partial charge in [-0.2, -0.15) is 0 Å². The molecule has 0 bridgehead atoms. The van der Waals surface area contributed by atoms with E-state index in [0.717, 1.165) is 11.1 Å². The Hall–Kier alpha value is -4.78. The summed E-state index contributed by atoms with van der Waals surface area (Å²) in [6, 6.07) is 29.1. The predicted molar refractivity (Wildman–Crippen MR) is 150 cm³/mol. The third-order valence-corrected chi connectivity index (χ3v) is 7.07. The molecule has 0 unspecified atom stereocenters. The van der Waals surface area contributed by atoms with Crippen LogP contribution < -0.4 is 24.4 Å². The zero-order chi connectivity index (χ0) is 27.4. The molecule has 0 spiro atoms. The summed E-state index contributed by atoms with van der Waals surface area (Å²) in [6.07, 6.45) is 0. The second-order valence-electron chi connectivity index (χ2n) is 9.19. The number of carbonyl (C=O) groups excluding carboxylic acids is 2. The molecule has 1 heterocycles.